The number of carboxylic acid groups (broad SMARTS) is 1. The van der Waals surface area contributed by atoms with Crippen LogP contribution in [-0.4, -0.2) is 89.2 Å². The Morgan fingerprint density at radius 3 is 1.39 bits per heavy atom. The van der Waals surface area contributed by atoms with E-state index in [1.54, 1.807) is 0 Å². The first-order valence-electron chi connectivity index (χ1n) is 27.9. The number of carboxylic acids is 1. The fourth-order valence-electron chi connectivity index (χ4n) is 7.98. The Balaban J connectivity index is 2.70. The van der Waals surface area contributed by atoms with E-state index in [1.165, 1.54) is 51.4 Å². The van der Waals surface area contributed by atoms with E-state index in [1.807, 2.05) is 0 Å². The van der Waals surface area contributed by atoms with Crippen molar-refractivity contribution in [2.24, 2.45) is 0 Å². The molecule has 71 heavy (non-hydrogen) atoms. The summed E-state index contributed by atoms with van der Waals surface area (Å²) in [5.74, 6) is -3.18. The zero-order chi connectivity index (χ0) is 51.8. The van der Waals surface area contributed by atoms with Crippen LogP contribution in [0, 0.1) is 0 Å². The number of hydrogen-bond acceptors (Lipinski definition) is 11. The summed E-state index contributed by atoms with van der Waals surface area (Å²) in [7, 11) is 0. The molecule has 0 aromatic rings. The normalized spacial score (nSPS) is 19.0. The van der Waals surface area contributed by atoms with Gasteiger partial charge in [-0.05, 0) is 89.9 Å². The van der Waals surface area contributed by atoms with Gasteiger partial charge in [-0.3, -0.25) is 14.4 Å². The number of carbonyl (C=O) groups is 4. The second-order valence-electron chi connectivity index (χ2n) is 18.8. The van der Waals surface area contributed by atoms with Gasteiger partial charge in [0, 0.05) is 19.3 Å². The van der Waals surface area contributed by atoms with Gasteiger partial charge in [0.15, 0.2) is 24.6 Å². The molecule has 1 saturated heterocycles. The lowest BCUT2D eigenvalue weighted by molar-refractivity contribution is -0.301. The van der Waals surface area contributed by atoms with Crippen molar-refractivity contribution in [1.29, 1.82) is 0 Å². The van der Waals surface area contributed by atoms with Crippen molar-refractivity contribution < 1.29 is 58.2 Å². The Hall–Kier alpha value is -3.84. The zero-order valence-electron chi connectivity index (χ0n) is 44.4. The molecule has 12 nitrogen and oxygen atoms in total. The predicted molar refractivity (Wildman–Crippen MR) is 285 cm³/mol. The summed E-state index contributed by atoms with van der Waals surface area (Å²) in [5, 5.41) is 31.3. The average molecular weight is 999 g/mol. The van der Waals surface area contributed by atoms with Crippen LogP contribution in [0.3, 0.4) is 0 Å². The third kappa shape index (κ3) is 37.6. The van der Waals surface area contributed by atoms with E-state index in [2.05, 4.69) is 93.7 Å². The molecule has 1 aliphatic rings. The molecule has 1 rings (SSSR count). The van der Waals surface area contributed by atoms with E-state index in [4.69, 9.17) is 23.7 Å². The van der Waals surface area contributed by atoms with Crippen LogP contribution in [0.5, 0.6) is 0 Å². The van der Waals surface area contributed by atoms with Gasteiger partial charge >= 0.3 is 23.9 Å². The number of ether oxygens (including phenoxy) is 5. The lowest BCUT2D eigenvalue weighted by Crippen LogP contribution is -2.61. The molecule has 3 N–H and O–H groups in total. The number of aliphatic hydroxyl groups is 2. The molecule has 0 radical (unpaired) electrons. The number of aliphatic hydroxyl groups excluding tert-OH is 2. The first-order valence-corrected chi connectivity index (χ1v) is 27.9. The zero-order valence-corrected chi connectivity index (χ0v) is 44.4. The van der Waals surface area contributed by atoms with Crippen LogP contribution in [0.15, 0.2) is 72.9 Å². The number of hydrogen-bond donors (Lipinski definition) is 3. The summed E-state index contributed by atoms with van der Waals surface area (Å²) in [4.78, 5) is 50.9. The first-order chi connectivity index (χ1) is 34.6. The Bertz CT molecular complexity index is 1510. The highest BCUT2D eigenvalue weighted by Crippen LogP contribution is 2.26. The smallest absolute Gasteiger partial charge is 0.335 e. The Kier molecular flexibility index (Phi) is 43.3. The van der Waals surface area contributed by atoms with E-state index in [0.717, 1.165) is 116 Å². The van der Waals surface area contributed by atoms with E-state index < -0.39 is 67.3 Å². The third-order valence-corrected chi connectivity index (χ3v) is 12.3. The van der Waals surface area contributed by atoms with Crippen LogP contribution in [0.1, 0.15) is 226 Å². The monoisotopic (exact) mass is 999 g/mol. The minimum atomic E-state index is -1.91. The summed E-state index contributed by atoms with van der Waals surface area (Å²) >= 11 is 0. The summed E-state index contributed by atoms with van der Waals surface area (Å²) in [6.07, 6.45) is 46.1. The van der Waals surface area contributed by atoms with Crippen molar-refractivity contribution >= 4 is 23.9 Å². The molecule has 0 amide bonds. The fraction of sp³-hybridized carbons (Fsp3) is 0.729. The molecule has 406 valence electrons. The van der Waals surface area contributed by atoms with Crippen molar-refractivity contribution in [3.05, 3.63) is 72.9 Å². The Morgan fingerprint density at radius 2 is 0.887 bits per heavy atom. The highest BCUT2D eigenvalue weighted by molar-refractivity contribution is 5.74. The van der Waals surface area contributed by atoms with Gasteiger partial charge in [-0.25, -0.2) is 4.79 Å². The third-order valence-electron chi connectivity index (χ3n) is 12.3. The highest BCUT2D eigenvalue weighted by atomic mass is 16.7. The summed E-state index contributed by atoms with van der Waals surface area (Å²) in [6, 6.07) is 0. The van der Waals surface area contributed by atoms with Gasteiger partial charge in [-0.2, -0.15) is 0 Å². The van der Waals surface area contributed by atoms with Crippen molar-refractivity contribution in [3.8, 4) is 0 Å². The molecule has 0 aliphatic carbocycles. The maximum absolute atomic E-state index is 13.1. The maximum Gasteiger partial charge on any atom is 0.335 e. The summed E-state index contributed by atoms with van der Waals surface area (Å²) < 4.78 is 28.3. The van der Waals surface area contributed by atoms with E-state index >= 15 is 0 Å². The first kappa shape index (κ1) is 65.2. The standard InChI is InChI=1S/C59H98O12/c1-4-7-10-13-16-19-21-23-24-25-26-27-28-30-31-34-36-39-42-45-51(60)67-48-50(69-52(61)46-43-40-38-35-32-29-22-20-17-14-11-8-5-2)49-68-59-57(55(64)54(63)56(71-59)58(65)66)70-53(62)47-44-41-37-33-18-15-12-9-6-3/h8,11,16-17,19-20,23-24,26-27,29,32,50,54-57,59,63-64H,4-7,9-10,12-15,18,21-22,25,28,30-31,33-49H2,1-3H3,(H,65,66)/b11-8-,19-16-,20-17-,24-23-,27-26-,32-29-. The van der Waals surface area contributed by atoms with Crippen LogP contribution in [0.25, 0.3) is 0 Å². The van der Waals surface area contributed by atoms with Gasteiger partial charge in [0.25, 0.3) is 0 Å². The van der Waals surface area contributed by atoms with Gasteiger partial charge in [0.1, 0.15) is 18.8 Å². The number of carbonyl (C=O) groups excluding carboxylic acids is 3. The molecule has 0 spiro atoms. The van der Waals surface area contributed by atoms with E-state index in [-0.39, 0.29) is 25.9 Å². The van der Waals surface area contributed by atoms with E-state index in [0.29, 0.717) is 19.3 Å². The van der Waals surface area contributed by atoms with Crippen molar-refractivity contribution in [2.45, 2.75) is 263 Å². The summed E-state index contributed by atoms with van der Waals surface area (Å²) in [5.41, 5.74) is 0. The molecule has 1 fully saturated rings. The molecule has 0 aromatic carbocycles. The molecule has 0 saturated carbocycles. The number of rotatable bonds is 46. The number of allylic oxidation sites excluding steroid dienone is 12. The topological polar surface area (TPSA) is 175 Å². The van der Waals surface area contributed by atoms with E-state index in [9.17, 15) is 34.5 Å². The molecule has 6 unspecified atom stereocenters. The van der Waals surface area contributed by atoms with Crippen LogP contribution >= 0.6 is 0 Å². The van der Waals surface area contributed by atoms with Crippen molar-refractivity contribution in [1.82, 2.24) is 0 Å². The fourth-order valence-corrected chi connectivity index (χ4v) is 7.98. The highest BCUT2D eigenvalue weighted by Gasteiger charge is 2.50. The van der Waals surface area contributed by atoms with Gasteiger partial charge in [0.2, 0.25) is 0 Å². The molecular weight excluding hydrogens is 901 g/mol. The molecule has 6 atom stereocenters. The predicted octanol–water partition coefficient (Wildman–Crippen LogP) is 13.8. The maximum atomic E-state index is 13.1. The van der Waals surface area contributed by atoms with Crippen LogP contribution in [0.2, 0.25) is 0 Å². The van der Waals surface area contributed by atoms with Gasteiger partial charge in [-0.1, -0.05) is 190 Å². The quantitative estimate of drug-likeness (QED) is 0.0228. The molecule has 1 aliphatic heterocycles. The molecule has 1 heterocycles. The number of esters is 3. The second kappa shape index (κ2) is 47.2. The van der Waals surface area contributed by atoms with Crippen LogP contribution in [-0.2, 0) is 42.9 Å². The van der Waals surface area contributed by atoms with Crippen LogP contribution in [0.4, 0.5) is 0 Å². The minimum Gasteiger partial charge on any atom is -0.479 e. The largest absolute Gasteiger partial charge is 0.479 e. The van der Waals surface area contributed by atoms with Gasteiger partial charge in [-0.15, -0.1) is 0 Å². The molecule has 12 heteroatoms. The minimum absolute atomic E-state index is 0.0547. The molecule has 0 bridgehead atoms. The summed E-state index contributed by atoms with van der Waals surface area (Å²) in [6.45, 7) is 5.76. The van der Waals surface area contributed by atoms with Crippen LogP contribution < -0.4 is 0 Å². The molecule has 0 aromatic heterocycles. The SMILES string of the molecule is CC/C=C\C/C=C\C/C=C\CCCCCC(=O)OC(COC(=O)CCCCCCCC/C=C\C/C=C\C/C=C\CCCCC)COC1OC(C(=O)O)C(O)C(O)C1OC(=O)CCCCCCCCCCC. The van der Waals surface area contributed by atoms with Crippen molar-refractivity contribution in [3.63, 3.8) is 0 Å². The van der Waals surface area contributed by atoms with Crippen molar-refractivity contribution in [2.75, 3.05) is 13.2 Å². The average Bonchev–Trinajstić information content (AvgIpc) is 3.35. The lowest BCUT2D eigenvalue weighted by atomic mass is 9.98. The van der Waals surface area contributed by atoms with Gasteiger partial charge < -0.3 is 39.0 Å². The Labute approximate surface area is 429 Å². The van der Waals surface area contributed by atoms with Gasteiger partial charge in [0.05, 0.1) is 6.61 Å². The number of aliphatic carboxylic acids is 1. The second-order valence-corrected chi connectivity index (χ2v) is 18.8. The molecular formula is C59H98O12. The Morgan fingerprint density at radius 1 is 0.479 bits per heavy atom. The number of unbranched alkanes of at least 4 members (excludes halogenated alkanes) is 20. The lowest BCUT2D eigenvalue weighted by Gasteiger charge is -2.40.